The zero-order valence-electron chi connectivity index (χ0n) is 20.9. The van der Waals surface area contributed by atoms with E-state index in [-0.39, 0.29) is 11.8 Å². The molecule has 0 bridgehead atoms. The number of aromatic nitrogens is 2. The number of carbonyl (C=O) groups excluding carboxylic acids is 2. The van der Waals surface area contributed by atoms with Gasteiger partial charge in [0.05, 0.1) is 18.8 Å². The molecule has 0 spiro atoms. The fourth-order valence-electron chi connectivity index (χ4n) is 4.86. The molecule has 9 nitrogen and oxygen atoms in total. The highest BCUT2D eigenvalue weighted by Crippen LogP contribution is 2.31. The van der Waals surface area contributed by atoms with Crippen molar-refractivity contribution >= 4 is 23.3 Å². The maximum absolute atomic E-state index is 13.2. The third-order valence-electron chi connectivity index (χ3n) is 7.21. The van der Waals surface area contributed by atoms with E-state index in [0.29, 0.717) is 30.5 Å². The number of benzene rings is 2. The van der Waals surface area contributed by atoms with Crippen molar-refractivity contribution in [3.8, 4) is 0 Å². The van der Waals surface area contributed by atoms with E-state index in [9.17, 15) is 9.59 Å². The molecule has 2 aliphatic rings. The molecule has 3 aromatic rings. The first kappa shape index (κ1) is 24.0. The van der Waals surface area contributed by atoms with Gasteiger partial charge in [0.2, 0.25) is 0 Å². The number of hydrogen-bond donors (Lipinski definition) is 2. The van der Waals surface area contributed by atoms with Crippen LogP contribution >= 0.6 is 0 Å². The van der Waals surface area contributed by atoms with Crippen LogP contribution in [0.15, 0.2) is 54.6 Å². The van der Waals surface area contributed by atoms with E-state index in [1.807, 2.05) is 54.6 Å². The lowest BCUT2D eigenvalue weighted by Gasteiger charge is -2.39. The van der Waals surface area contributed by atoms with Gasteiger partial charge in [0.1, 0.15) is 0 Å². The van der Waals surface area contributed by atoms with Crippen molar-refractivity contribution < 1.29 is 14.3 Å². The number of hydrogen-bond acceptors (Lipinski definition) is 6. The summed E-state index contributed by atoms with van der Waals surface area (Å²) < 4.78 is 5.51. The lowest BCUT2D eigenvalue weighted by molar-refractivity contribution is -0.143. The summed E-state index contributed by atoms with van der Waals surface area (Å²) in [7, 11) is 3.68. The number of methoxy groups -OCH3 is 1. The van der Waals surface area contributed by atoms with Gasteiger partial charge in [0, 0.05) is 49.6 Å². The molecule has 1 unspecified atom stereocenters. The number of piperazine rings is 1. The first-order chi connectivity index (χ1) is 17.4. The number of rotatable bonds is 6. The third kappa shape index (κ3) is 4.72. The zero-order valence-corrected chi connectivity index (χ0v) is 20.9. The maximum Gasteiger partial charge on any atom is 0.256 e. The van der Waals surface area contributed by atoms with E-state index < -0.39 is 6.10 Å². The molecule has 2 aliphatic heterocycles. The van der Waals surface area contributed by atoms with Crippen LogP contribution in [0.1, 0.15) is 40.2 Å². The van der Waals surface area contributed by atoms with E-state index in [4.69, 9.17) is 4.74 Å². The summed E-state index contributed by atoms with van der Waals surface area (Å²) in [6.07, 6.45) is -0.678. The molecule has 1 saturated heterocycles. The average Bonchev–Trinajstić information content (AvgIpc) is 3.49. The van der Waals surface area contributed by atoms with E-state index in [1.165, 1.54) is 7.11 Å². The molecule has 5 rings (SSSR count). The summed E-state index contributed by atoms with van der Waals surface area (Å²) in [5.41, 5.74) is 4.13. The predicted octanol–water partition coefficient (Wildman–Crippen LogP) is 3.03. The smallest absolute Gasteiger partial charge is 0.256 e. The summed E-state index contributed by atoms with van der Waals surface area (Å²) >= 11 is 0. The van der Waals surface area contributed by atoms with Gasteiger partial charge in [-0.3, -0.25) is 14.7 Å². The molecular formula is C27H32N6O3. The second-order valence-electron chi connectivity index (χ2n) is 9.53. The maximum atomic E-state index is 13.2. The van der Waals surface area contributed by atoms with Crippen molar-refractivity contribution in [2.45, 2.75) is 32.2 Å². The number of ether oxygens (including phenoxy) is 1. The Kier molecular flexibility index (Phi) is 6.75. The number of H-pyrrole nitrogens is 1. The van der Waals surface area contributed by atoms with Gasteiger partial charge >= 0.3 is 0 Å². The third-order valence-corrected chi connectivity index (χ3v) is 7.21. The Hall–Kier alpha value is -3.69. The molecule has 3 heterocycles. The first-order valence-electron chi connectivity index (χ1n) is 12.2. The Morgan fingerprint density at radius 2 is 1.83 bits per heavy atom. The van der Waals surface area contributed by atoms with E-state index in [2.05, 4.69) is 39.3 Å². The molecule has 9 heteroatoms. The highest BCUT2D eigenvalue weighted by molar-refractivity contribution is 6.04. The highest BCUT2D eigenvalue weighted by Gasteiger charge is 2.33. The molecule has 2 aromatic carbocycles. The van der Waals surface area contributed by atoms with Crippen LogP contribution in [0.3, 0.4) is 0 Å². The largest absolute Gasteiger partial charge is 0.369 e. The number of aromatic amines is 1. The van der Waals surface area contributed by atoms with Crippen LogP contribution in [0, 0.1) is 0 Å². The standard InChI is InChI=1S/C27H32N6O3/c1-18-15-32(14-13-31(18)2)21-11-9-20(10-12-21)26(34)28-25-22-16-33(17-23(22)29-30-25)27(35)24(36-3)19-7-5-4-6-8-19/h4-12,18,24H,13-17H2,1-3H3,(H2,28,29,30,34)/t18?,24-/m1/s1. The normalized spacial score (nSPS) is 18.7. The number of nitrogens with zero attached hydrogens (tertiary/aromatic N) is 4. The Labute approximate surface area is 211 Å². The predicted molar refractivity (Wildman–Crippen MR) is 138 cm³/mol. The molecule has 0 radical (unpaired) electrons. The van der Waals surface area contributed by atoms with E-state index in [1.54, 1.807) is 4.90 Å². The molecule has 0 aliphatic carbocycles. The van der Waals surface area contributed by atoms with Gasteiger partial charge in [-0.15, -0.1) is 0 Å². The Morgan fingerprint density at radius 3 is 2.53 bits per heavy atom. The molecule has 2 amide bonds. The van der Waals surface area contributed by atoms with Crippen molar-refractivity contribution in [1.29, 1.82) is 0 Å². The van der Waals surface area contributed by atoms with Crippen LogP contribution in [-0.2, 0) is 22.6 Å². The second kappa shape index (κ2) is 10.1. The molecule has 1 aromatic heterocycles. The Bertz CT molecular complexity index is 1230. The number of nitrogens with one attached hydrogen (secondary N) is 2. The van der Waals surface area contributed by atoms with Crippen LogP contribution in [0.2, 0.25) is 0 Å². The summed E-state index contributed by atoms with van der Waals surface area (Å²) in [5.74, 6) is 0.0989. The number of likely N-dealkylation sites (N-methyl/N-ethyl adjacent to an activating group) is 1. The summed E-state index contributed by atoms with van der Waals surface area (Å²) in [4.78, 5) is 32.6. The van der Waals surface area contributed by atoms with Crippen molar-refractivity contribution in [2.75, 3.05) is 44.0 Å². The summed E-state index contributed by atoms with van der Waals surface area (Å²) in [6.45, 7) is 5.92. The van der Waals surface area contributed by atoms with Gasteiger partial charge in [-0.1, -0.05) is 30.3 Å². The number of amides is 2. The van der Waals surface area contributed by atoms with Gasteiger partial charge in [-0.05, 0) is 43.8 Å². The topological polar surface area (TPSA) is 93.8 Å². The molecular weight excluding hydrogens is 456 g/mol. The first-order valence-corrected chi connectivity index (χ1v) is 12.2. The van der Waals surface area contributed by atoms with Crippen molar-refractivity contribution in [3.63, 3.8) is 0 Å². The quantitative estimate of drug-likeness (QED) is 0.554. The van der Waals surface area contributed by atoms with Crippen molar-refractivity contribution in [3.05, 3.63) is 77.0 Å². The van der Waals surface area contributed by atoms with Gasteiger partial charge in [-0.25, -0.2) is 0 Å². The molecule has 2 N–H and O–H groups in total. The fourth-order valence-corrected chi connectivity index (χ4v) is 4.86. The second-order valence-corrected chi connectivity index (χ2v) is 9.53. The van der Waals surface area contributed by atoms with Gasteiger partial charge in [-0.2, -0.15) is 5.10 Å². The summed E-state index contributed by atoms with van der Waals surface area (Å²) in [6, 6.07) is 17.6. The Balaban J connectivity index is 1.23. The molecule has 36 heavy (non-hydrogen) atoms. The monoisotopic (exact) mass is 488 g/mol. The van der Waals surface area contributed by atoms with Gasteiger partial charge in [0.25, 0.3) is 11.8 Å². The minimum absolute atomic E-state index is 0.126. The van der Waals surface area contributed by atoms with Crippen LogP contribution in [0.25, 0.3) is 0 Å². The SMILES string of the molecule is CO[C@@H](C(=O)N1Cc2[nH]nc(NC(=O)c3ccc(N4CCN(C)C(C)C4)cc3)c2C1)c1ccccc1. The highest BCUT2D eigenvalue weighted by atomic mass is 16.5. The van der Waals surface area contributed by atoms with Gasteiger partial charge in [0.15, 0.2) is 11.9 Å². The average molecular weight is 489 g/mol. The van der Waals surface area contributed by atoms with Crippen LogP contribution in [-0.4, -0.2) is 71.6 Å². The van der Waals surface area contributed by atoms with Crippen LogP contribution in [0.4, 0.5) is 11.5 Å². The molecule has 2 atom stereocenters. The van der Waals surface area contributed by atoms with E-state index >= 15 is 0 Å². The molecule has 188 valence electrons. The van der Waals surface area contributed by atoms with Crippen LogP contribution < -0.4 is 10.2 Å². The number of fused-ring (bicyclic) bond motifs is 1. The molecule has 1 fully saturated rings. The lowest BCUT2D eigenvalue weighted by atomic mass is 10.1. The Morgan fingerprint density at radius 1 is 1.08 bits per heavy atom. The van der Waals surface area contributed by atoms with Gasteiger partial charge < -0.3 is 24.8 Å². The van der Waals surface area contributed by atoms with Crippen molar-refractivity contribution in [2.24, 2.45) is 0 Å². The lowest BCUT2D eigenvalue weighted by Crippen LogP contribution is -2.50. The number of carbonyl (C=O) groups is 2. The fraction of sp³-hybridized carbons (Fsp3) is 0.370. The summed E-state index contributed by atoms with van der Waals surface area (Å²) in [5, 5.41) is 10.2. The molecule has 0 saturated carbocycles. The van der Waals surface area contributed by atoms with Crippen LogP contribution in [0.5, 0.6) is 0 Å². The minimum atomic E-state index is -0.678. The zero-order chi connectivity index (χ0) is 25.2. The van der Waals surface area contributed by atoms with Crippen molar-refractivity contribution in [1.82, 2.24) is 20.0 Å². The minimum Gasteiger partial charge on any atom is -0.369 e. The number of anilines is 2. The van der Waals surface area contributed by atoms with E-state index in [0.717, 1.165) is 42.1 Å².